The fourth-order valence-electron chi connectivity index (χ4n) is 2.60. The van der Waals surface area contributed by atoms with E-state index in [1.165, 1.54) is 0 Å². The summed E-state index contributed by atoms with van der Waals surface area (Å²) in [4.78, 5) is 14.0. The van der Waals surface area contributed by atoms with Crippen molar-refractivity contribution in [2.75, 3.05) is 13.2 Å². The van der Waals surface area contributed by atoms with Crippen LogP contribution in [0.25, 0.3) is 0 Å². The minimum Gasteiger partial charge on any atom is -0.491 e. The van der Waals surface area contributed by atoms with Gasteiger partial charge in [0.2, 0.25) is 0 Å². The number of nitrogens with zero attached hydrogens (tertiary/aromatic N) is 2. The molecule has 1 fully saturated rings. The van der Waals surface area contributed by atoms with Crippen LogP contribution in [0, 0.1) is 11.3 Å². The van der Waals surface area contributed by atoms with Gasteiger partial charge in [-0.1, -0.05) is 12.1 Å². The summed E-state index contributed by atoms with van der Waals surface area (Å²) in [6, 6.07) is 9.68. The molecule has 124 valence electrons. The highest BCUT2D eigenvalue weighted by Crippen LogP contribution is 2.22. The third-order valence-corrected chi connectivity index (χ3v) is 3.63. The van der Waals surface area contributed by atoms with Crippen molar-refractivity contribution >= 4 is 6.09 Å². The number of hydrogen-bond acceptors (Lipinski definition) is 4. The lowest BCUT2D eigenvalue weighted by Crippen LogP contribution is -2.42. The molecule has 0 unspecified atom stereocenters. The Hall–Kier alpha value is -2.22. The van der Waals surface area contributed by atoms with E-state index in [4.69, 9.17) is 14.7 Å². The summed E-state index contributed by atoms with van der Waals surface area (Å²) >= 11 is 0. The molecule has 2 rings (SSSR count). The zero-order valence-electron chi connectivity index (χ0n) is 14.0. The van der Waals surface area contributed by atoms with Crippen LogP contribution in [-0.2, 0) is 11.2 Å². The van der Waals surface area contributed by atoms with Gasteiger partial charge in [0, 0.05) is 6.54 Å². The van der Waals surface area contributed by atoms with Crippen LogP contribution in [0.1, 0.15) is 39.2 Å². The SMILES string of the molecule is CC(C)(C)OC(=O)N1CCC[C@@H]1COc1cccc(CC#N)c1. The molecule has 0 bridgehead atoms. The number of ether oxygens (including phenoxy) is 2. The van der Waals surface area contributed by atoms with Crippen molar-refractivity contribution in [2.45, 2.75) is 51.7 Å². The van der Waals surface area contributed by atoms with Crippen LogP contribution in [-0.4, -0.2) is 35.8 Å². The van der Waals surface area contributed by atoms with E-state index in [1.54, 1.807) is 4.90 Å². The van der Waals surface area contributed by atoms with Crippen LogP contribution < -0.4 is 4.74 Å². The summed E-state index contributed by atoms with van der Waals surface area (Å²) in [5, 5.41) is 8.75. The first-order chi connectivity index (χ1) is 10.9. The molecule has 1 aliphatic rings. The maximum atomic E-state index is 12.2. The fraction of sp³-hybridized carbons (Fsp3) is 0.556. The topological polar surface area (TPSA) is 62.6 Å². The Morgan fingerprint density at radius 2 is 2.22 bits per heavy atom. The van der Waals surface area contributed by atoms with Crippen molar-refractivity contribution < 1.29 is 14.3 Å². The molecule has 1 aromatic rings. The maximum absolute atomic E-state index is 12.2. The first kappa shape index (κ1) is 17.1. The van der Waals surface area contributed by atoms with E-state index in [1.807, 2.05) is 45.0 Å². The molecular formula is C18H24N2O3. The Morgan fingerprint density at radius 3 is 2.91 bits per heavy atom. The summed E-state index contributed by atoms with van der Waals surface area (Å²) in [5.74, 6) is 0.730. The van der Waals surface area contributed by atoms with Gasteiger partial charge in [0.25, 0.3) is 0 Å². The Labute approximate surface area is 137 Å². The second-order valence-corrected chi connectivity index (χ2v) is 6.76. The Bertz CT molecular complexity index is 587. The lowest BCUT2D eigenvalue weighted by Gasteiger charge is -2.28. The van der Waals surface area contributed by atoms with E-state index in [0.717, 1.165) is 24.2 Å². The molecule has 0 saturated carbocycles. The van der Waals surface area contributed by atoms with Crippen molar-refractivity contribution in [3.05, 3.63) is 29.8 Å². The number of nitriles is 1. The van der Waals surface area contributed by atoms with Gasteiger partial charge in [0.05, 0.1) is 18.5 Å². The minimum absolute atomic E-state index is 0.0319. The molecule has 5 heteroatoms. The Morgan fingerprint density at radius 1 is 1.43 bits per heavy atom. The van der Waals surface area contributed by atoms with Gasteiger partial charge in [-0.3, -0.25) is 0 Å². The number of carbonyl (C=O) groups excluding carboxylic acids is 1. The third kappa shape index (κ3) is 5.17. The van der Waals surface area contributed by atoms with Crippen molar-refractivity contribution in [2.24, 2.45) is 0 Å². The number of rotatable bonds is 4. The highest BCUT2D eigenvalue weighted by atomic mass is 16.6. The molecule has 5 nitrogen and oxygen atoms in total. The molecule has 1 aromatic carbocycles. The van der Waals surface area contributed by atoms with Crippen LogP contribution in [0.5, 0.6) is 5.75 Å². The van der Waals surface area contributed by atoms with Gasteiger partial charge in [-0.25, -0.2) is 4.79 Å². The van der Waals surface area contributed by atoms with Crippen LogP contribution in [0.15, 0.2) is 24.3 Å². The van der Waals surface area contributed by atoms with E-state index >= 15 is 0 Å². The van der Waals surface area contributed by atoms with Crippen molar-refractivity contribution in [1.29, 1.82) is 5.26 Å². The molecule has 1 saturated heterocycles. The van der Waals surface area contributed by atoms with Gasteiger partial charge in [0.15, 0.2) is 0 Å². The Balaban J connectivity index is 1.93. The minimum atomic E-state index is -0.489. The average Bonchev–Trinajstić information content (AvgIpc) is 2.93. The van der Waals surface area contributed by atoms with Gasteiger partial charge >= 0.3 is 6.09 Å². The lowest BCUT2D eigenvalue weighted by atomic mass is 10.1. The van der Waals surface area contributed by atoms with Gasteiger partial charge < -0.3 is 14.4 Å². The van der Waals surface area contributed by atoms with Gasteiger partial charge in [-0.2, -0.15) is 5.26 Å². The van der Waals surface area contributed by atoms with Gasteiger partial charge in [0.1, 0.15) is 18.0 Å². The fourth-order valence-corrected chi connectivity index (χ4v) is 2.60. The molecule has 0 aliphatic carbocycles. The van der Waals surface area contributed by atoms with Gasteiger partial charge in [-0.05, 0) is 51.3 Å². The van der Waals surface area contributed by atoms with Gasteiger partial charge in [-0.15, -0.1) is 0 Å². The molecule has 1 atom stereocenters. The molecule has 1 amide bonds. The maximum Gasteiger partial charge on any atom is 0.410 e. The smallest absolute Gasteiger partial charge is 0.410 e. The molecule has 1 heterocycles. The quantitative estimate of drug-likeness (QED) is 0.852. The molecule has 0 radical (unpaired) electrons. The average molecular weight is 316 g/mol. The summed E-state index contributed by atoms with van der Waals surface area (Å²) < 4.78 is 11.3. The van der Waals surface area contributed by atoms with Crippen molar-refractivity contribution in [1.82, 2.24) is 4.90 Å². The number of likely N-dealkylation sites (tertiary alicyclic amines) is 1. The lowest BCUT2D eigenvalue weighted by molar-refractivity contribution is 0.0187. The van der Waals surface area contributed by atoms with Crippen LogP contribution in [0.3, 0.4) is 0 Å². The summed E-state index contributed by atoms with van der Waals surface area (Å²) in [7, 11) is 0. The normalized spacial score (nSPS) is 17.7. The zero-order valence-corrected chi connectivity index (χ0v) is 14.0. The number of hydrogen-bond donors (Lipinski definition) is 0. The van der Waals surface area contributed by atoms with Crippen molar-refractivity contribution in [3.8, 4) is 11.8 Å². The third-order valence-electron chi connectivity index (χ3n) is 3.63. The second-order valence-electron chi connectivity index (χ2n) is 6.76. The summed E-state index contributed by atoms with van der Waals surface area (Å²) in [6.45, 7) is 6.75. The standard InChI is InChI=1S/C18H24N2O3/c1-18(2,3)23-17(21)20-11-5-7-15(20)13-22-16-8-4-6-14(12-16)9-10-19/h4,6,8,12,15H,5,7,9,11,13H2,1-3H3/t15-/m1/s1. The predicted octanol–water partition coefficient (Wildman–Crippen LogP) is 3.53. The second kappa shape index (κ2) is 7.36. The summed E-state index contributed by atoms with van der Waals surface area (Å²) in [5.41, 5.74) is 0.442. The number of carbonyl (C=O) groups is 1. The molecule has 0 aromatic heterocycles. The van der Waals surface area contributed by atoms with Crippen LogP contribution in [0.4, 0.5) is 4.79 Å². The molecule has 0 spiro atoms. The first-order valence-corrected chi connectivity index (χ1v) is 7.97. The van der Waals surface area contributed by atoms with E-state index in [-0.39, 0.29) is 12.1 Å². The summed E-state index contributed by atoms with van der Waals surface area (Å²) in [6.07, 6.45) is 1.96. The zero-order chi connectivity index (χ0) is 16.9. The monoisotopic (exact) mass is 316 g/mol. The molecular weight excluding hydrogens is 292 g/mol. The Kier molecular flexibility index (Phi) is 5.49. The van der Waals surface area contributed by atoms with E-state index in [0.29, 0.717) is 19.6 Å². The van der Waals surface area contributed by atoms with Crippen LogP contribution >= 0.6 is 0 Å². The first-order valence-electron chi connectivity index (χ1n) is 7.97. The molecule has 23 heavy (non-hydrogen) atoms. The number of benzene rings is 1. The van der Waals surface area contributed by atoms with Crippen molar-refractivity contribution in [3.63, 3.8) is 0 Å². The highest BCUT2D eigenvalue weighted by molar-refractivity contribution is 5.69. The largest absolute Gasteiger partial charge is 0.491 e. The van der Waals surface area contributed by atoms with Crippen LogP contribution in [0.2, 0.25) is 0 Å². The predicted molar refractivity (Wildman–Crippen MR) is 87.2 cm³/mol. The number of amides is 1. The molecule has 1 aliphatic heterocycles. The van der Waals surface area contributed by atoms with E-state index in [9.17, 15) is 4.79 Å². The molecule has 0 N–H and O–H groups in total. The highest BCUT2D eigenvalue weighted by Gasteiger charge is 2.32. The van der Waals surface area contributed by atoms with E-state index in [2.05, 4.69) is 6.07 Å². The van der Waals surface area contributed by atoms with E-state index < -0.39 is 5.60 Å².